The van der Waals surface area contributed by atoms with E-state index in [0.717, 1.165) is 11.3 Å². The normalized spacial score (nSPS) is 11.0. The zero-order chi connectivity index (χ0) is 20.4. The number of rotatable bonds is 5. The van der Waals surface area contributed by atoms with Crippen molar-refractivity contribution in [1.82, 2.24) is 24.5 Å². The summed E-state index contributed by atoms with van der Waals surface area (Å²) in [7, 11) is 3.36. The Morgan fingerprint density at radius 1 is 1.03 bits per heavy atom. The summed E-state index contributed by atoms with van der Waals surface area (Å²) in [5.74, 6) is -0.0752. The summed E-state index contributed by atoms with van der Waals surface area (Å²) >= 11 is 0. The number of carbonyl (C=O) groups excluding carboxylic acids is 1. The molecule has 0 N–H and O–H groups in total. The molecule has 0 aliphatic heterocycles. The number of aryl methyl sites for hydroxylation is 1. The summed E-state index contributed by atoms with van der Waals surface area (Å²) in [4.78, 5) is 26.7. The van der Waals surface area contributed by atoms with E-state index >= 15 is 0 Å². The van der Waals surface area contributed by atoms with Crippen LogP contribution in [0.15, 0.2) is 71.8 Å². The van der Waals surface area contributed by atoms with Crippen molar-refractivity contribution in [3.05, 3.63) is 88.6 Å². The van der Waals surface area contributed by atoms with Crippen LogP contribution in [0.4, 0.5) is 0 Å². The van der Waals surface area contributed by atoms with Gasteiger partial charge in [0.1, 0.15) is 0 Å². The molecule has 29 heavy (non-hydrogen) atoms. The molecule has 0 aliphatic rings. The SMILES string of the molecule is CN(Cc1cnn(-c2ccccc2)c1)C(=O)Cc1nn(C)c(=O)c2ccccc12. The Bertz CT molecular complexity index is 1230. The van der Waals surface area contributed by atoms with Crippen LogP contribution in [-0.4, -0.2) is 37.4 Å². The molecule has 0 spiro atoms. The summed E-state index contributed by atoms with van der Waals surface area (Å²) in [6, 6.07) is 17.1. The van der Waals surface area contributed by atoms with Crippen LogP contribution in [0.3, 0.4) is 0 Å². The van der Waals surface area contributed by atoms with Crippen molar-refractivity contribution >= 4 is 16.7 Å². The number of likely N-dealkylation sites (N-methyl/N-ethyl adjacent to an activating group) is 1. The topological polar surface area (TPSA) is 73.0 Å². The van der Waals surface area contributed by atoms with E-state index in [1.807, 2.05) is 54.7 Å². The number of aromatic nitrogens is 4. The van der Waals surface area contributed by atoms with Gasteiger partial charge in [-0.15, -0.1) is 0 Å². The first-order chi connectivity index (χ1) is 14.0. The third kappa shape index (κ3) is 3.80. The van der Waals surface area contributed by atoms with Gasteiger partial charge >= 0.3 is 0 Å². The fourth-order valence-electron chi connectivity index (χ4n) is 3.31. The molecule has 0 unspecified atom stereocenters. The van der Waals surface area contributed by atoms with Crippen molar-refractivity contribution in [3.63, 3.8) is 0 Å². The summed E-state index contributed by atoms with van der Waals surface area (Å²) in [5.41, 5.74) is 2.33. The van der Waals surface area contributed by atoms with Crippen molar-refractivity contribution in [3.8, 4) is 5.69 Å². The van der Waals surface area contributed by atoms with Gasteiger partial charge in [-0.05, 0) is 18.2 Å². The minimum Gasteiger partial charge on any atom is -0.341 e. The predicted octanol–water partition coefficient (Wildman–Crippen LogP) is 2.32. The molecule has 2 aromatic heterocycles. The second-order valence-electron chi connectivity index (χ2n) is 6.98. The van der Waals surface area contributed by atoms with Gasteiger partial charge in [0.15, 0.2) is 0 Å². The van der Waals surface area contributed by atoms with Gasteiger partial charge in [0.05, 0.1) is 29.4 Å². The molecular formula is C22H21N5O2. The van der Waals surface area contributed by atoms with Crippen LogP contribution in [0, 0.1) is 0 Å². The first kappa shape index (κ1) is 18.6. The molecule has 0 saturated carbocycles. The first-order valence-corrected chi connectivity index (χ1v) is 9.31. The quantitative estimate of drug-likeness (QED) is 0.527. The van der Waals surface area contributed by atoms with Crippen LogP contribution in [0.2, 0.25) is 0 Å². The average Bonchev–Trinajstić information content (AvgIpc) is 3.21. The Kier molecular flexibility index (Phi) is 4.95. The second-order valence-corrected chi connectivity index (χ2v) is 6.98. The van der Waals surface area contributed by atoms with Crippen LogP contribution in [0.5, 0.6) is 0 Å². The van der Waals surface area contributed by atoms with E-state index < -0.39 is 0 Å². The van der Waals surface area contributed by atoms with Crippen molar-refractivity contribution in [2.45, 2.75) is 13.0 Å². The van der Waals surface area contributed by atoms with Gasteiger partial charge in [0.2, 0.25) is 5.91 Å². The fraction of sp³-hybridized carbons (Fsp3) is 0.182. The lowest BCUT2D eigenvalue weighted by atomic mass is 10.1. The molecule has 0 atom stereocenters. The molecule has 1 amide bonds. The number of amides is 1. The van der Waals surface area contributed by atoms with Crippen molar-refractivity contribution in [2.75, 3.05) is 7.05 Å². The molecule has 0 fully saturated rings. The highest BCUT2D eigenvalue weighted by Crippen LogP contribution is 2.15. The first-order valence-electron chi connectivity index (χ1n) is 9.31. The summed E-state index contributed by atoms with van der Waals surface area (Å²) < 4.78 is 3.07. The van der Waals surface area contributed by atoms with Crippen molar-refractivity contribution < 1.29 is 4.79 Å². The van der Waals surface area contributed by atoms with E-state index in [1.54, 1.807) is 35.9 Å². The van der Waals surface area contributed by atoms with Crippen LogP contribution < -0.4 is 5.56 Å². The predicted molar refractivity (Wildman–Crippen MR) is 111 cm³/mol. The number of hydrogen-bond acceptors (Lipinski definition) is 4. The number of hydrogen-bond donors (Lipinski definition) is 0. The maximum Gasteiger partial charge on any atom is 0.274 e. The van der Waals surface area contributed by atoms with Gasteiger partial charge < -0.3 is 4.90 Å². The molecule has 0 bridgehead atoms. The number of para-hydroxylation sites is 1. The third-order valence-corrected chi connectivity index (χ3v) is 4.85. The lowest BCUT2D eigenvalue weighted by Gasteiger charge is -2.17. The van der Waals surface area contributed by atoms with Crippen LogP contribution in [0.1, 0.15) is 11.3 Å². The van der Waals surface area contributed by atoms with Crippen LogP contribution in [0.25, 0.3) is 16.5 Å². The molecule has 2 heterocycles. The minimum atomic E-state index is -0.168. The second kappa shape index (κ2) is 7.71. The van der Waals surface area contributed by atoms with E-state index in [-0.39, 0.29) is 17.9 Å². The van der Waals surface area contributed by atoms with Crippen LogP contribution >= 0.6 is 0 Å². The maximum atomic E-state index is 12.8. The molecule has 146 valence electrons. The van der Waals surface area contributed by atoms with E-state index in [9.17, 15) is 9.59 Å². The molecule has 4 rings (SSSR count). The van der Waals surface area contributed by atoms with Crippen molar-refractivity contribution in [1.29, 1.82) is 0 Å². The highest BCUT2D eigenvalue weighted by molar-refractivity contribution is 5.88. The lowest BCUT2D eigenvalue weighted by molar-refractivity contribution is -0.129. The molecule has 0 aliphatic carbocycles. The largest absolute Gasteiger partial charge is 0.341 e. The maximum absolute atomic E-state index is 12.8. The van der Waals surface area contributed by atoms with Gasteiger partial charge in [-0.3, -0.25) is 9.59 Å². The van der Waals surface area contributed by atoms with Gasteiger partial charge in [-0.1, -0.05) is 36.4 Å². The molecule has 7 nitrogen and oxygen atoms in total. The zero-order valence-electron chi connectivity index (χ0n) is 16.3. The summed E-state index contributed by atoms with van der Waals surface area (Å²) in [5, 5.41) is 9.97. The van der Waals surface area contributed by atoms with E-state index in [4.69, 9.17) is 0 Å². The molecule has 7 heteroatoms. The van der Waals surface area contributed by atoms with Crippen molar-refractivity contribution in [2.24, 2.45) is 7.05 Å². The van der Waals surface area contributed by atoms with E-state index in [0.29, 0.717) is 23.0 Å². The van der Waals surface area contributed by atoms with Crippen LogP contribution in [-0.2, 0) is 24.8 Å². The molecular weight excluding hydrogens is 366 g/mol. The van der Waals surface area contributed by atoms with E-state index in [1.165, 1.54) is 4.68 Å². The Hall–Kier alpha value is -3.74. The minimum absolute atomic E-state index is 0.0752. The standard InChI is InChI=1S/C22H21N5O2/c1-25(14-16-13-23-27(15-16)17-8-4-3-5-9-17)21(28)12-20-18-10-6-7-11-19(18)22(29)26(2)24-20/h3-11,13,15H,12,14H2,1-2H3. The monoisotopic (exact) mass is 387 g/mol. The lowest BCUT2D eigenvalue weighted by Crippen LogP contribution is -2.29. The number of nitrogens with zero attached hydrogens (tertiary/aromatic N) is 5. The average molecular weight is 387 g/mol. The van der Waals surface area contributed by atoms with Gasteiger partial charge in [0, 0.05) is 37.8 Å². The number of fused-ring (bicyclic) bond motifs is 1. The molecule has 0 saturated heterocycles. The van der Waals surface area contributed by atoms with Gasteiger partial charge in [-0.25, -0.2) is 9.36 Å². The van der Waals surface area contributed by atoms with E-state index in [2.05, 4.69) is 10.2 Å². The molecule has 4 aromatic rings. The smallest absolute Gasteiger partial charge is 0.274 e. The zero-order valence-corrected chi connectivity index (χ0v) is 16.3. The Morgan fingerprint density at radius 3 is 2.48 bits per heavy atom. The Balaban J connectivity index is 1.51. The third-order valence-electron chi connectivity index (χ3n) is 4.85. The number of carbonyl (C=O) groups is 1. The Labute approximate surface area is 167 Å². The molecule has 0 radical (unpaired) electrons. The highest BCUT2D eigenvalue weighted by Gasteiger charge is 2.16. The highest BCUT2D eigenvalue weighted by atomic mass is 16.2. The Morgan fingerprint density at radius 2 is 1.72 bits per heavy atom. The van der Waals surface area contributed by atoms with Gasteiger partial charge in [-0.2, -0.15) is 10.2 Å². The summed E-state index contributed by atoms with van der Waals surface area (Å²) in [6.07, 6.45) is 3.80. The fourth-order valence-corrected chi connectivity index (χ4v) is 3.31. The summed E-state index contributed by atoms with van der Waals surface area (Å²) in [6.45, 7) is 0.440. The van der Waals surface area contributed by atoms with Gasteiger partial charge in [0.25, 0.3) is 5.56 Å². The number of benzene rings is 2. The molecule has 2 aromatic carbocycles.